The molecule has 1 amide bonds. The fourth-order valence-electron chi connectivity index (χ4n) is 5.16. The molecule has 0 radical (unpaired) electrons. The Morgan fingerprint density at radius 2 is 1.74 bits per heavy atom. The molecule has 1 fully saturated rings. The van der Waals surface area contributed by atoms with Crippen molar-refractivity contribution in [2.45, 2.75) is 64.7 Å². The highest BCUT2D eigenvalue weighted by atomic mass is 32.2. The number of primary amides is 1. The van der Waals surface area contributed by atoms with E-state index in [0.717, 1.165) is 40.4 Å². The molecule has 230 valence electrons. The van der Waals surface area contributed by atoms with Gasteiger partial charge in [-0.1, -0.05) is 32.0 Å². The van der Waals surface area contributed by atoms with Gasteiger partial charge in [0.1, 0.15) is 0 Å². The number of carboxylic acid groups (broad SMARTS) is 1. The fraction of sp³-hybridized carbons (Fsp3) is 0.448. The molecule has 1 unspecified atom stereocenters. The summed E-state index contributed by atoms with van der Waals surface area (Å²) in [5.41, 5.74) is 11.3. The fourth-order valence-corrected chi connectivity index (χ4v) is 6.30. The van der Waals surface area contributed by atoms with Crippen molar-refractivity contribution in [1.29, 1.82) is 0 Å². The molecule has 1 aliphatic heterocycles. The first-order valence-electron chi connectivity index (χ1n) is 13.6. The van der Waals surface area contributed by atoms with Crippen LogP contribution in [0.2, 0.25) is 0 Å². The largest absolute Gasteiger partial charge is 0.490 e. The summed E-state index contributed by atoms with van der Waals surface area (Å²) in [6.07, 6.45) is -1.63. The van der Waals surface area contributed by atoms with Gasteiger partial charge in [-0.3, -0.25) is 4.79 Å². The van der Waals surface area contributed by atoms with Gasteiger partial charge < -0.3 is 21.1 Å². The van der Waals surface area contributed by atoms with Crippen molar-refractivity contribution in [2.24, 2.45) is 5.73 Å². The van der Waals surface area contributed by atoms with Crippen molar-refractivity contribution < 1.29 is 36.3 Å². The number of nitrogens with one attached hydrogen (secondary N) is 2. The maximum Gasteiger partial charge on any atom is 0.490 e. The summed E-state index contributed by atoms with van der Waals surface area (Å²) >= 11 is 0. The van der Waals surface area contributed by atoms with Crippen molar-refractivity contribution in [2.75, 3.05) is 18.8 Å². The Morgan fingerprint density at radius 1 is 1.12 bits per heavy atom. The standard InChI is InChI=1S/C27H36N4O3S.C2HF3O2/c1-5-35(33,34)31-11-9-19(10-12-31)25-16-29-26-23(25)14-22(15-24(26)27(28)32)21-8-6-7-20(13-21)18(4)30-17(2)3;3-2(4,5)1(6)7/h6-8,13-19,29-30H,5,9-12H2,1-4H3,(H2,28,32);(H,6,7). The van der Waals surface area contributed by atoms with Crippen LogP contribution in [0.25, 0.3) is 22.0 Å². The Kier molecular flexibility index (Phi) is 10.4. The van der Waals surface area contributed by atoms with Crippen LogP contribution >= 0.6 is 0 Å². The lowest BCUT2D eigenvalue weighted by molar-refractivity contribution is -0.192. The lowest BCUT2D eigenvalue weighted by Gasteiger charge is -2.31. The molecule has 13 heteroatoms. The van der Waals surface area contributed by atoms with Crippen molar-refractivity contribution in [3.63, 3.8) is 0 Å². The van der Waals surface area contributed by atoms with Crippen molar-refractivity contribution in [1.82, 2.24) is 14.6 Å². The van der Waals surface area contributed by atoms with E-state index in [4.69, 9.17) is 15.6 Å². The number of sulfonamides is 1. The molecule has 42 heavy (non-hydrogen) atoms. The van der Waals surface area contributed by atoms with Gasteiger partial charge in [0.15, 0.2) is 0 Å². The van der Waals surface area contributed by atoms with Gasteiger partial charge in [0, 0.05) is 36.8 Å². The lowest BCUT2D eigenvalue weighted by Crippen LogP contribution is -2.38. The van der Waals surface area contributed by atoms with Crippen LogP contribution in [0.15, 0.2) is 42.6 Å². The molecule has 0 aliphatic carbocycles. The quantitative estimate of drug-likeness (QED) is 0.277. The molecular weight excluding hydrogens is 573 g/mol. The topological polar surface area (TPSA) is 146 Å². The van der Waals surface area contributed by atoms with Crippen LogP contribution in [0.5, 0.6) is 0 Å². The van der Waals surface area contributed by atoms with Gasteiger partial charge in [-0.2, -0.15) is 13.2 Å². The van der Waals surface area contributed by atoms with Gasteiger partial charge in [0.25, 0.3) is 5.91 Å². The normalized spacial score (nSPS) is 15.8. The van der Waals surface area contributed by atoms with Gasteiger partial charge in [-0.15, -0.1) is 0 Å². The molecule has 9 nitrogen and oxygen atoms in total. The van der Waals surface area contributed by atoms with Crippen LogP contribution in [0.4, 0.5) is 13.2 Å². The molecule has 0 saturated carbocycles. The Bertz CT molecular complexity index is 1530. The van der Waals surface area contributed by atoms with E-state index in [1.165, 1.54) is 5.56 Å². The molecule has 0 spiro atoms. The predicted molar refractivity (Wildman–Crippen MR) is 156 cm³/mol. The minimum Gasteiger partial charge on any atom is -0.475 e. The number of rotatable bonds is 8. The number of hydrogen-bond acceptors (Lipinski definition) is 5. The first kappa shape index (κ1) is 33.1. The number of carbonyl (C=O) groups excluding carboxylic acids is 1. The van der Waals surface area contributed by atoms with Crippen LogP contribution in [0.1, 0.15) is 74.0 Å². The SMILES string of the molecule is CCS(=O)(=O)N1CCC(c2c[nH]c3c(C(N)=O)cc(-c4cccc(C(C)NC(C)C)c4)cc23)CC1.O=C(O)C(F)(F)F. The molecule has 5 N–H and O–H groups in total. The van der Waals surface area contributed by atoms with Crippen LogP contribution in [0, 0.1) is 0 Å². The first-order chi connectivity index (χ1) is 19.5. The average molecular weight is 611 g/mol. The summed E-state index contributed by atoms with van der Waals surface area (Å²) in [4.78, 5) is 24.6. The Hall–Kier alpha value is -3.42. The number of H-pyrrole nitrogens is 1. The number of amides is 1. The minimum absolute atomic E-state index is 0.125. The summed E-state index contributed by atoms with van der Waals surface area (Å²) in [7, 11) is -3.18. The molecular formula is C29H37F3N4O5S. The summed E-state index contributed by atoms with van der Waals surface area (Å²) in [6.45, 7) is 9.11. The highest BCUT2D eigenvalue weighted by Crippen LogP contribution is 2.37. The number of fused-ring (bicyclic) bond motifs is 1. The Morgan fingerprint density at radius 3 is 2.26 bits per heavy atom. The van der Waals surface area contributed by atoms with E-state index in [-0.39, 0.29) is 17.7 Å². The first-order valence-corrected chi connectivity index (χ1v) is 15.2. The lowest BCUT2D eigenvalue weighted by atomic mass is 9.88. The Labute approximate surface area is 243 Å². The molecule has 1 saturated heterocycles. The van der Waals surface area contributed by atoms with Gasteiger partial charge in [0.2, 0.25) is 10.0 Å². The van der Waals surface area contributed by atoms with Crippen LogP contribution < -0.4 is 11.1 Å². The van der Waals surface area contributed by atoms with Gasteiger partial charge in [-0.05, 0) is 73.1 Å². The van der Waals surface area contributed by atoms with Gasteiger partial charge in [-0.25, -0.2) is 17.5 Å². The van der Waals surface area contributed by atoms with E-state index < -0.39 is 28.1 Å². The molecule has 2 heterocycles. The van der Waals surface area contributed by atoms with Gasteiger partial charge >= 0.3 is 12.1 Å². The number of aliphatic carboxylic acids is 1. The van der Waals surface area contributed by atoms with E-state index in [9.17, 15) is 26.4 Å². The maximum atomic E-state index is 12.4. The number of benzene rings is 2. The number of alkyl halides is 3. The predicted octanol–water partition coefficient (Wildman–Crippen LogP) is 5.16. The van der Waals surface area contributed by atoms with Crippen molar-refractivity contribution in [3.05, 3.63) is 59.3 Å². The molecule has 1 aromatic heterocycles. The zero-order valence-electron chi connectivity index (χ0n) is 24.0. The molecule has 1 atom stereocenters. The third kappa shape index (κ3) is 7.90. The molecule has 0 bridgehead atoms. The number of carboxylic acids is 1. The summed E-state index contributed by atoms with van der Waals surface area (Å²) in [5.74, 6) is -2.89. The second-order valence-corrected chi connectivity index (χ2v) is 12.9. The monoisotopic (exact) mass is 610 g/mol. The van der Waals surface area contributed by atoms with Crippen molar-refractivity contribution >= 4 is 32.8 Å². The second kappa shape index (κ2) is 13.3. The van der Waals surface area contributed by atoms with Crippen LogP contribution in [0.3, 0.4) is 0 Å². The molecule has 4 rings (SSSR count). The van der Waals surface area contributed by atoms with E-state index in [1.807, 2.05) is 18.3 Å². The number of nitrogens with two attached hydrogens (primary N) is 1. The average Bonchev–Trinajstić information content (AvgIpc) is 3.36. The maximum absolute atomic E-state index is 12.4. The third-order valence-corrected chi connectivity index (χ3v) is 9.17. The highest BCUT2D eigenvalue weighted by molar-refractivity contribution is 7.89. The zero-order chi connectivity index (χ0) is 31.4. The van der Waals surface area contributed by atoms with E-state index in [2.05, 4.69) is 55.3 Å². The number of halogens is 3. The highest BCUT2D eigenvalue weighted by Gasteiger charge is 2.38. The van der Waals surface area contributed by atoms with Crippen LogP contribution in [-0.4, -0.2) is 65.8 Å². The number of piperidine rings is 1. The number of nitrogens with zero attached hydrogens (tertiary/aromatic N) is 1. The van der Waals surface area contributed by atoms with E-state index in [0.29, 0.717) is 24.7 Å². The van der Waals surface area contributed by atoms with Gasteiger partial charge in [0.05, 0.1) is 16.8 Å². The molecule has 1 aliphatic rings. The minimum atomic E-state index is -5.08. The second-order valence-electron chi connectivity index (χ2n) is 10.6. The number of carbonyl (C=O) groups is 2. The van der Waals surface area contributed by atoms with E-state index in [1.54, 1.807) is 11.2 Å². The summed E-state index contributed by atoms with van der Waals surface area (Å²) in [6, 6.07) is 12.9. The number of hydrogen-bond donors (Lipinski definition) is 4. The van der Waals surface area contributed by atoms with Crippen LogP contribution in [-0.2, 0) is 14.8 Å². The smallest absolute Gasteiger partial charge is 0.475 e. The number of aromatic amines is 1. The molecule has 3 aromatic rings. The summed E-state index contributed by atoms with van der Waals surface area (Å²) in [5, 5.41) is 11.6. The Balaban J connectivity index is 0.000000616. The molecule has 2 aromatic carbocycles. The van der Waals surface area contributed by atoms with Crippen molar-refractivity contribution in [3.8, 4) is 11.1 Å². The zero-order valence-corrected chi connectivity index (χ0v) is 24.8. The van der Waals surface area contributed by atoms with E-state index >= 15 is 0 Å². The summed E-state index contributed by atoms with van der Waals surface area (Å²) < 4.78 is 57.9. The number of aromatic nitrogens is 1. The third-order valence-electron chi connectivity index (χ3n) is 7.28.